The number of aryl methyl sites for hydroxylation is 1. The number of benzene rings is 2. The fourth-order valence-corrected chi connectivity index (χ4v) is 3.74. The van der Waals surface area contributed by atoms with Crippen molar-refractivity contribution in [3.05, 3.63) is 59.7 Å². The van der Waals surface area contributed by atoms with E-state index in [4.69, 9.17) is 10.5 Å². The van der Waals surface area contributed by atoms with Gasteiger partial charge in [0.15, 0.2) is 5.60 Å². The summed E-state index contributed by atoms with van der Waals surface area (Å²) < 4.78 is 5.89. The van der Waals surface area contributed by atoms with Crippen LogP contribution in [0.3, 0.4) is 0 Å². The molecule has 1 atom stereocenters. The molecule has 2 amide bonds. The van der Waals surface area contributed by atoms with Gasteiger partial charge < -0.3 is 15.4 Å². The average molecular weight is 395 g/mol. The first-order valence-electron chi connectivity index (χ1n) is 10.00. The molecule has 0 radical (unpaired) electrons. The Kier molecular flexibility index (Phi) is 5.80. The van der Waals surface area contributed by atoms with Crippen LogP contribution >= 0.6 is 0 Å². The summed E-state index contributed by atoms with van der Waals surface area (Å²) in [7, 11) is 0. The molecule has 2 aromatic carbocycles. The van der Waals surface area contributed by atoms with E-state index in [0.717, 1.165) is 16.7 Å². The molecule has 0 aromatic heterocycles. The maximum Gasteiger partial charge on any atom is 0.251 e. The van der Waals surface area contributed by atoms with Crippen LogP contribution in [0.1, 0.15) is 31.9 Å². The third-order valence-corrected chi connectivity index (χ3v) is 5.36. The Bertz CT molecular complexity index is 899. The molecule has 1 aliphatic heterocycles. The summed E-state index contributed by atoms with van der Waals surface area (Å²) in [5, 5.41) is 0. The van der Waals surface area contributed by atoms with Crippen LogP contribution in [0, 0.1) is 12.3 Å². The number of morpholine rings is 1. The predicted octanol–water partition coefficient (Wildman–Crippen LogP) is 3.33. The lowest BCUT2D eigenvalue weighted by atomic mass is 9.88. The van der Waals surface area contributed by atoms with Crippen LogP contribution < -0.4 is 5.73 Å². The average Bonchev–Trinajstić information content (AvgIpc) is 2.67. The molecule has 2 N–H and O–H groups in total. The summed E-state index contributed by atoms with van der Waals surface area (Å²) in [5.74, 6) is -0.534. The smallest absolute Gasteiger partial charge is 0.251 e. The number of nitrogens with two attached hydrogens (primary N) is 1. The number of nitrogens with zero attached hydrogens (tertiary/aromatic N) is 1. The van der Waals surface area contributed by atoms with Gasteiger partial charge in [0, 0.05) is 18.4 Å². The molecular formula is C24H30N2O3. The first-order valence-corrected chi connectivity index (χ1v) is 10.00. The second-order valence-electron chi connectivity index (χ2n) is 8.93. The maximum absolute atomic E-state index is 12.7. The van der Waals surface area contributed by atoms with Crippen LogP contribution in [0.4, 0.5) is 0 Å². The Morgan fingerprint density at radius 3 is 2.38 bits per heavy atom. The van der Waals surface area contributed by atoms with Gasteiger partial charge in [-0.05, 0) is 23.6 Å². The summed E-state index contributed by atoms with van der Waals surface area (Å²) >= 11 is 0. The van der Waals surface area contributed by atoms with E-state index in [-0.39, 0.29) is 12.5 Å². The molecule has 3 rings (SSSR count). The zero-order valence-corrected chi connectivity index (χ0v) is 17.7. The van der Waals surface area contributed by atoms with Gasteiger partial charge in [-0.15, -0.1) is 0 Å². The number of carbonyl (C=O) groups excluding carboxylic acids is 2. The third-order valence-electron chi connectivity index (χ3n) is 5.36. The molecule has 2 aromatic rings. The first-order chi connectivity index (χ1) is 13.6. The van der Waals surface area contributed by atoms with E-state index < -0.39 is 16.9 Å². The second-order valence-corrected chi connectivity index (χ2v) is 8.93. The predicted molar refractivity (Wildman–Crippen MR) is 114 cm³/mol. The molecule has 1 fully saturated rings. The normalized spacial score (nSPS) is 19.8. The van der Waals surface area contributed by atoms with E-state index in [0.29, 0.717) is 19.6 Å². The summed E-state index contributed by atoms with van der Waals surface area (Å²) in [5.41, 5.74) is 8.45. The lowest BCUT2D eigenvalue weighted by Gasteiger charge is -2.42. The van der Waals surface area contributed by atoms with Crippen LogP contribution in [0.2, 0.25) is 0 Å². The van der Waals surface area contributed by atoms with Crippen LogP contribution in [0.15, 0.2) is 48.5 Å². The fourth-order valence-electron chi connectivity index (χ4n) is 3.74. The van der Waals surface area contributed by atoms with Gasteiger partial charge >= 0.3 is 0 Å². The lowest BCUT2D eigenvalue weighted by molar-refractivity contribution is -0.167. The molecule has 1 heterocycles. The van der Waals surface area contributed by atoms with E-state index in [1.807, 2.05) is 51.1 Å². The van der Waals surface area contributed by atoms with Gasteiger partial charge in [-0.3, -0.25) is 9.59 Å². The van der Waals surface area contributed by atoms with E-state index in [1.54, 1.807) is 4.90 Å². The van der Waals surface area contributed by atoms with Crippen LogP contribution in [-0.2, 0) is 20.7 Å². The molecule has 0 unspecified atom stereocenters. The highest BCUT2D eigenvalue weighted by molar-refractivity contribution is 5.87. The van der Waals surface area contributed by atoms with Gasteiger partial charge in [0.2, 0.25) is 5.91 Å². The molecule has 1 saturated heterocycles. The van der Waals surface area contributed by atoms with Crippen molar-refractivity contribution in [1.29, 1.82) is 0 Å². The Morgan fingerprint density at radius 2 is 1.79 bits per heavy atom. The van der Waals surface area contributed by atoms with Gasteiger partial charge in [0.1, 0.15) is 0 Å². The van der Waals surface area contributed by atoms with Crippen molar-refractivity contribution in [1.82, 2.24) is 4.90 Å². The Morgan fingerprint density at radius 1 is 1.10 bits per heavy atom. The van der Waals surface area contributed by atoms with Gasteiger partial charge in [-0.1, -0.05) is 74.9 Å². The van der Waals surface area contributed by atoms with Gasteiger partial charge in [-0.25, -0.2) is 0 Å². The number of ether oxygens (including phenoxy) is 1. The molecular weight excluding hydrogens is 364 g/mol. The monoisotopic (exact) mass is 394 g/mol. The minimum Gasteiger partial charge on any atom is -0.367 e. The van der Waals surface area contributed by atoms with Crippen molar-refractivity contribution in [2.45, 2.75) is 39.7 Å². The van der Waals surface area contributed by atoms with Crippen molar-refractivity contribution in [3.63, 3.8) is 0 Å². The molecule has 5 nitrogen and oxygen atoms in total. The zero-order valence-electron chi connectivity index (χ0n) is 17.7. The Balaban J connectivity index is 1.81. The number of rotatable bonds is 4. The highest BCUT2D eigenvalue weighted by atomic mass is 16.5. The highest BCUT2D eigenvalue weighted by Gasteiger charge is 2.45. The standard InChI is InChI=1S/C24H30N2O3/c1-17-6-5-7-20(14-17)19-10-8-18(9-11-19)15-24(21(25)27)16-26(12-13-29-24)22(28)23(2,3)4/h5-11,14H,12-13,15-16H2,1-4H3,(H2,25,27)/t24-/m1/s1. The first kappa shape index (κ1) is 21.1. The van der Waals surface area contributed by atoms with Crippen LogP contribution in [0.5, 0.6) is 0 Å². The van der Waals surface area contributed by atoms with E-state index in [1.165, 1.54) is 5.56 Å². The number of carbonyl (C=O) groups is 2. The molecule has 154 valence electrons. The molecule has 1 aliphatic rings. The SMILES string of the molecule is Cc1cccc(-c2ccc(C[C@]3(C(N)=O)CN(C(=O)C(C)(C)C)CCO3)cc2)c1. The molecule has 0 saturated carbocycles. The number of amides is 2. The summed E-state index contributed by atoms with van der Waals surface area (Å²) in [6, 6.07) is 16.4. The molecule has 0 spiro atoms. The second kappa shape index (κ2) is 7.99. The third kappa shape index (κ3) is 4.67. The molecule has 29 heavy (non-hydrogen) atoms. The largest absolute Gasteiger partial charge is 0.367 e. The van der Waals surface area contributed by atoms with E-state index >= 15 is 0 Å². The van der Waals surface area contributed by atoms with E-state index in [2.05, 4.69) is 25.1 Å². The Hall–Kier alpha value is -2.66. The minimum absolute atomic E-state index is 0.00113. The van der Waals surface area contributed by atoms with E-state index in [9.17, 15) is 9.59 Å². The quantitative estimate of drug-likeness (QED) is 0.864. The summed E-state index contributed by atoms with van der Waals surface area (Å²) in [6.45, 7) is 8.64. The number of hydrogen-bond acceptors (Lipinski definition) is 3. The number of hydrogen-bond donors (Lipinski definition) is 1. The Labute approximate surface area is 172 Å². The molecule has 5 heteroatoms. The van der Waals surface area contributed by atoms with Gasteiger partial charge in [0.25, 0.3) is 5.91 Å². The minimum atomic E-state index is -1.20. The fraction of sp³-hybridized carbons (Fsp3) is 0.417. The van der Waals surface area contributed by atoms with Crippen molar-refractivity contribution in [2.24, 2.45) is 11.1 Å². The van der Waals surface area contributed by atoms with Crippen molar-refractivity contribution in [2.75, 3.05) is 19.7 Å². The summed E-state index contributed by atoms with van der Waals surface area (Å²) in [4.78, 5) is 26.8. The molecule has 0 bridgehead atoms. The number of primary amides is 1. The van der Waals surface area contributed by atoms with Crippen LogP contribution in [-0.4, -0.2) is 42.0 Å². The zero-order chi connectivity index (χ0) is 21.2. The lowest BCUT2D eigenvalue weighted by Crippen LogP contribution is -2.62. The van der Waals surface area contributed by atoms with Crippen molar-refractivity contribution in [3.8, 4) is 11.1 Å². The topological polar surface area (TPSA) is 72.6 Å². The van der Waals surface area contributed by atoms with Gasteiger partial charge in [-0.2, -0.15) is 0 Å². The highest BCUT2D eigenvalue weighted by Crippen LogP contribution is 2.28. The summed E-state index contributed by atoms with van der Waals surface area (Å²) in [6.07, 6.45) is 0.338. The van der Waals surface area contributed by atoms with Crippen LogP contribution in [0.25, 0.3) is 11.1 Å². The van der Waals surface area contributed by atoms with Gasteiger partial charge in [0.05, 0.1) is 13.2 Å². The molecule has 0 aliphatic carbocycles. The van der Waals surface area contributed by atoms with Crippen molar-refractivity contribution < 1.29 is 14.3 Å². The maximum atomic E-state index is 12.7. The van der Waals surface area contributed by atoms with Crippen molar-refractivity contribution >= 4 is 11.8 Å².